The molecule has 0 radical (unpaired) electrons. The van der Waals surface area contributed by atoms with Crippen molar-refractivity contribution in [3.05, 3.63) is 82.1 Å². The smallest absolute Gasteiger partial charge is 0.320 e. The number of fused-ring (bicyclic) bond motifs is 1. The number of likely N-dealkylation sites (tertiary alicyclic amines) is 1. The number of benzene rings is 1. The Hall–Kier alpha value is -3.40. The molecule has 0 atom stereocenters. The van der Waals surface area contributed by atoms with Gasteiger partial charge in [0.05, 0.1) is 22.2 Å². The van der Waals surface area contributed by atoms with Gasteiger partial charge in [-0.1, -0.05) is 19.1 Å². The maximum absolute atomic E-state index is 14.2. The summed E-state index contributed by atoms with van der Waals surface area (Å²) < 4.78 is 47.1. The quantitative estimate of drug-likeness (QED) is 0.363. The summed E-state index contributed by atoms with van der Waals surface area (Å²) in [6.07, 6.45) is 5.27. The van der Waals surface area contributed by atoms with Gasteiger partial charge in [0.25, 0.3) is 0 Å². The molecule has 39 heavy (non-hydrogen) atoms. The largest absolute Gasteiger partial charge is 0.418 e. The molecular formula is C29H31F3N6O. The summed E-state index contributed by atoms with van der Waals surface area (Å²) in [7, 11) is 1.91. The maximum atomic E-state index is 14.2. The monoisotopic (exact) mass is 536 g/mol. The number of rotatable bonds is 5. The number of halogens is 3. The van der Waals surface area contributed by atoms with E-state index in [9.17, 15) is 18.0 Å². The van der Waals surface area contributed by atoms with E-state index >= 15 is 0 Å². The second-order valence-electron chi connectivity index (χ2n) is 12.2. The number of imidazole rings is 1. The van der Waals surface area contributed by atoms with Crippen LogP contribution in [0.4, 0.5) is 13.2 Å². The van der Waals surface area contributed by atoms with Crippen LogP contribution in [-0.4, -0.2) is 41.7 Å². The average Bonchev–Trinajstić information content (AvgIpc) is 3.15. The third-order valence-electron chi connectivity index (χ3n) is 9.22. The molecule has 10 heteroatoms. The molecule has 2 aliphatic carbocycles. The second kappa shape index (κ2) is 8.30. The molecular weight excluding hydrogens is 505 g/mol. The van der Waals surface area contributed by atoms with E-state index in [1.807, 2.05) is 29.8 Å². The van der Waals surface area contributed by atoms with Crippen LogP contribution in [0.2, 0.25) is 0 Å². The van der Waals surface area contributed by atoms with E-state index in [1.54, 1.807) is 18.6 Å². The molecule has 3 fully saturated rings. The Morgan fingerprint density at radius 2 is 1.90 bits per heavy atom. The third-order valence-corrected chi connectivity index (χ3v) is 9.22. The van der Waals surface area contributed by atoms with Gasteiger partial charge < -0.3 is 4.57 Å². The van der Waals surface area contributed by atoms with Crippen LogP contribution < -0.4 is 5.69 Å². The minimum Gasteiger partial charge on any atom is -0.320 e. The van der Waals surface area contributed by atoms with Crippen molar-refractivity contribution in [1.29, 1.82) is 0 Å². The summed E-state index contributed by atoms with van der Waals surface area (Å²) in [6, 6.07) is 8.76. The molecule has 204 valence electrons. The maximum Gasteiger partial charge on any atom is 0.418 e. The van der Waals surface area contributed by atoms with E-state index in [0.717, 1.165) is 48.1 Å². The van der Waals surface area contributed by atoms with Gasteiger partial charge >= 0.3 is 11.9 Å². The molecule has 2 saturated carbocycles. The molecule has 0 unspecified atom stereocenters. The Labute approximate surface area is 223 Å². The molecule has 0 amide bonds. The zero-order chi connectivity index (χ0) is 27.2. The molecule has 4 heterocycles. The third kappa shape index (κ3) is 3.94. The lowest BCUT2D eigenvalue weighted by atomic mass is 9.58. The van der Waals surface area contributed by atoms with Crippen molar-refractivity contribution in [2.24, 2.45) is 18.4 Å². The van der Waals surface area contributed by atoms with Gasteiger partial charge in [-0.25, -0.2) is 4.79 Å². The Balaban J connectivity index is 1.31. The molecule has 4 aromatic rings. The minimum absolute atomic E-state index is 0.137. The molecule has 0 N–H and O–H groups in total. The van der Waals surface area contributed by atoms with Crippen LogP contribution in [0.15, 0.2) is 53.8 Å². The molecule has 7 nitrogen and oxygen atoms in total. The van der Waals surface area contributed by atoms with Crippen LogP contribution in [0, 0.1) is 11.3 Å². The van der Waals surface area contributed by atoms with Gasteiger partial charge in [0.2, 0.25) is 0 Å². The minimum atomic E-state index is -4.58. The molecule has 7 rings (SSSR count). The Morgan fingerprint density at radius 3 is 2.54 bits per heavy atom. The second-order valence-corrected chi connectivity index (χ2v) is 12.2. The fourth-order valence-corrected chi connectivity index (χ4v) is 7.10. The molecule has 3 aliphatic rings. The zero-order valence-corrected chi connectivity index (χ0v) is 22.1. The van der Waals surface area contributed by atoms with E-state index in [4.69, 9.17) is 0 Å². The van der Waals surface area contributed by atoms with Crippen molar-refractivity contribution in [3.63, 3.8) is 0 Å². The first-order valence-electron chi connectivity index (χ1n) is 13.6. The first kappa shape index (κ1) is 24.6. The van der Waals surface area contributed by atoms with Gasteiger partial charge in [-0.3, -0.25) is 13.9 Å². The Morgan fingerprint density at radius 1 is 1.10 bits per heavy atom. The number of pyridine rings is 1. The van der Waals surface area contributed by atoms with Gasteiger partial charge in [0, 0.05) is 32.5 Å². The van der Waals surface area contributed by atoms with Gasteiger partial charge in [-0.2, -0.15) is 13.2 Å². The van der Waals surface area contributed by atoms with E-state index in [2.05, 4.69) is 22.0 Å². The van der Waals surface area contributed by atoms with Crippen molar-refractivity contribution in [2.45, 2.75) is 57.2 Å². The highest BCUT2D eigenvalue weighted by Crippen LogP contribution is 2.53. The van der Waals surface area contributed by atoms with E-state index in [-0.39, 0.29) is 10.9 Å². The number of hydrogen-bond acceptors (Lipinski definition) is 4. The van der Waals surface area contributed by atoms with Crippen LogP contribution in [-0.2, 0) is 25.2 Å². The predicted molar refractivity (Wildman–Crippen MR) is 140 cm³/mol. The van der Waals surface area contributed by atoms with Gasteiger partial charge in [-0.05, 0) is 79.3 Å². The zero-order valence-electron chi connectivity index (χ0n) is 22.1. The highest BCUT2D eigenvalue weighted by molar-refractivity contribution is 5.58. The van der Waals surface area contributed by atoms with Crippen molar-refractivity contribution >= 4 is 5.52 Å². The van der Waals surface area contributed by atoms with Crippen LogP contribution in [0.25, 0.3) is 11.2 Å². The normalized spacial score (nSPS) is 24.5. The Kier molecular flexibility index (Phi) is 5.24. The van der Waals surface area contributed by atoms with E-state index in [1.165, 1.54) is 29.7 Å². The first-order valence-corrected chi connectivity index (χ1v) is 13.6. The highest BCUT2D eigenvalue weighted by Gasteiger charge is 2.49. The van der Waals surface area contributed by atoms with Crippen molar-refractivity contribution < 1.29 is 13.2 Å². The number of aromatic nitrogens is 5. The lowest BCUT2D eigenvalue weighted by molar-refractivity contribution is -0.136. The number of nitrogens with zero attached hydrogens (tertiary/aromatic N) is 6. The van der Waals surface area contributed by atoms with Gasteiger partial charge in [-0.15, -0.1) is 10.2 Å². The summed E-state index contributed by atoms with van der Waals surface area (Å²) in [6.45, 7) is 4.40. The summed E-state index contributed by atoms with van der Waals surface area (Å²) >= 11 is 0. The van der Waals surface area contributed by atoms with Crippen LogP contribution >= 0.6 is 0 Å². The van der Waals surface area contributed by atoms with Crippen molar-refractivity contribution in [2.75, 3.05) is 13.1 Å². The molecule has 1 saturated heterocycles. The summed E-state index contributed by atoms with van der Waals surface area (Å²) in [5, 5.41) is 8.47. The Bertz CT molecular complexity index is 1640. The van der Waals surface area contributed by atoms with E-state index in [0.29, 0.717) is 29.1 Å². The summed E-state index contributed by atoms with van der Waals surface area (Å²) in [4.78, 5) is 15.8. The summed E-state index contributed by atoms with van der Waals surface area (Å²) in [5.41, 5.74) is 0.626. The lowest BCUT2D eigenvalue weighted by Gasteiger charge is -2.46. The first-order chi connectivity index (χ1) is 18.6. The molecule has 1 aromatic carbocycles. The molecule has 1 spiro atoms. The SMILES string of the molecule is CC1CC(c2cccc(-n3cc4c(C(F)(F)F)cc(CN5CCC6(CC6)C5)cn4c3=O)c2)(c2nncn2C)C1. The van der Waals surface area contributed by atoms with Gasteiger partial charge in [0.1, 0.15) is 12.2 Å². The van der Waals surface area contributed by atoms with Crippen LogP contribution in [0.3, 0.4) is 0 Å². The fraction of sp³-hybridized carbons (Fsp3) is 0.483. The van der Waals surface area contributed by atoms with Crippen molar-refractivity contribution in [1.82, 2.24) is 28.6 Å². The van der Waals surface area contributed by atoms with Gasteiger partial charge in [0.15, 0.2) is 0 Å². The fourth-order valence-electron chi connectivity index (χ4n) is 7.10. The number of alkyl halides is 3. The van der Waals surface area contributed by atoms with Crippen LogP contribution in [0.5, 0.6) is 0 Å². The summed E-state index contributed by atoms with van der Waals surface area (Å²) in [5.74, 6) is 1.36. The predicted octanol–water partition coefficient (Wildman–Crippen LogP) is 4.94. The van der Waals surface area contributed by atoms with Crippen molar-refractivity contribution in [3.8, 4) is 5.69 Å². The molecule has 0 bridgehead atoms. The number of aryl methyl sites for hydroxylation is 1. The molecule has 3 aromatic heterocycles. The lowest BCUT2D eigenvalue weighted by Crippen LogP contribution is -2.43. The topological polar surface area (TPSA) is 60.4 Å². The standard InChI is InChI=1S/C29H31F3N6O/c1-19-12-28(13-19,25-34-33-18-35(25)2)21-4-3-5-22(11-21)37-16-24-23(29(30,31)32)10-20(15-38(24)26(37)39)14-36-9-8-27(17-36)6-7-27/h3-5,10-11,15-16,18-19H,6-9,12-14,17H2,1-2H3. The average molecular weight is 537 g/mol. The molecule has 1 aliphatic heterocycles. The number of hydrogen-bond donors (Lipinski definition) is 0. The van der Waals surface area contributed by atoms with E-state index < -0.39 is 17.4 Å². The highest BCUT2D eigenvalue weighted by atomic mass is 19.4. The van der Waals surface area contributed by atoms with Crippen LogP contribution in [0.1, 0.15) is 61.5 Å².